The van der Waals surface area contributed by atoms with Gasteiger partial charge in [0.2, 0.25) is 0 Å². The first-order valence-electron chi connectivity index (χ1n) is 5.09. The van der Waals surface area contributed by atoms with Crippen LogP contribution in [0.5, 0.6) is 0 Å². The Bertz CT molecular complexity index is 464. The molecule has 1 aliphatic heterocycles. The molecule has 1 atom stereocenters. The van der Waals surface area contributed by atoms with Crippen LogP contribution in [0.2, 0.25) is 5.15 Å². The summed E-state index contributed by atoms with van der Waals surface area (Å²) in [6, 6.07) is 3.48. The van der Waals surface area contributed by atoms with Crippen LogP contribution >= 0.6 is 11.6 Å². The van der Waals surface area contributed by atoms with Crippen LogP contribution < -0.4 is 10.6 Å². The quantitative estimate of drug-likeness (QED) is 0.466. The zero-order valence-corrected chi connectivity index (χ0v) is 9.92. The number of nitro groups is 1. The van der Waals surface area contributed by atoms with Gasteiger partial charge in [0.1, 0.15) is 23.2 Å². The Balaban J connectivity index is 1.97. The number of hydrogen-bond donors (Lipinski definition) is 2. The summed E-state index contributed by atoms with van der Waals surface area (Å²) in [7, 11) is 0. The Morgan fingerprint density at radius 1 is 1.67 bits per heavy atom. The maximum absolute atomic E-state index is 10.2. The average Bonchev–Trinajstić information content (AvgIpc) is 2.32. The first kappa shape index (κ1) is 12.5. The third kappa shape index (κ3) is 3.54. The Labute approximate surface area is 107 Å². The van der Waals surface area contributed by atoms with Gasteiger partial charge in [-0.05, 0) is 11.6 Å². The zero-order valence-electron chi connectivity index (χ0n) is 9.17. The van der Waals surface area contributed by atoms with Crippen molar-refractivity contribution in [1.82, 2.24) is 15.6 Å². The Morgan fingerprint density at radius 2 is 2.50 bits per heavy atom. The largest absolute Gasteiger partial charge is 0.338 e. The fourth-order valence-corrected chi connectivity index (χ4v) is 1.56. The van der Waals surface area contributed by atoms with Crippen molar-refractivity contribution >= 4 is 17.6 Å². The Kier molecular flexibility index (Phi) is 3.90. The summed E-state index contributed by atoms with van der Waals surface area (Å²) in [6.45, 7) is 0.158. The summed E-state index contributed by atoms with van der Waals surface area (Å²) >= 11 is 5.67. The monoisotopic (exact) mass is 271 g/mol. The molecule has 1 saturated heterocycles. The first-order valence-corrected chi connectivity index (χ1v) is 5.47. The maximum atomic E-state index is 10.2. The van der Waals surface area contributed by atoms with Gasteiger partial charge in [0.15, 0.2) is 5.03 Å². The number of nitrogens with one attached hydrogen (secondary N) is 2. The van der Waals surface area contributed by atoms with Gasteiger partial charge in [0, 0.05) is 12.6 Å². The van der Waals surface area contributed by atoms with Crippen molar-refractivity contribution in [2.24, 2.45) is 5.10 Å². The predicted molar refractivity (Wildman–Crippen MR) is 63.4 cm³/mol. The van der Waals surface area contributed by atoms with E-state index < -0.39 is 11.3 Å². The van der Waals surface area contributed by atoms with Crippen LogP contribution in [0.3, 0.4) is 0 Å². The Hall–Kier alpha value is -1.93. The second-order valence-electron chi connectivity index (χ2n) is 3.50. The smallest absolute Gasteiger partial charge is 0.272 e. The molecule has 1 fully saturated rings. The van der Waals surface area contributed by atoms with Crippen LogP contribution in [0, 0.1) is 10.1 Å². The van der Waals surface area contributed by atoms with Gasteiger partial charge < -0.3 is 15.4 Å². The van der Waals surface area contributed by atoms with Gasteiger partial charge in [0.25, 0.3) is 5.96 Å². The highest BCUT2D eigenvalue weighted by Crippen LogP contribution is 2.08. The molecule has 18 heavy (non-hydrogen) atoms. The van der Waals surface area contributed by atoms with E-state index in [2.05, 4.69) is 20.7 Å². The number of guanidine groups is 1. The van der Waals surface area contributed by atoms with E-state index in [1.165, 1.54) is 0 Å². The van der Waals surface area contributed by atoms with E-state index in [-0.39, 0.29) is 12.7 Å². The molecule has 2 N–H and O–H groups in total. The van der Waals surface area contributed by atoms with Crippen LogP contribution in [0.4, 0.5) is 0 Å². The van der Waals surface area contributed by atoms with Gasteiger partial charge in [-0.25, -0.2) is 15.1 Å². The maximum Gasteiger partial charge on any atom is 0.272 e. The molecule has 96 valence electrons. The van der Waals surface area contributed by atoms with Crippen LogP contribution in [-0.4, -0.2) is 28.9 Å². The number of ether oxygens (including phenoxy) is 1. The van der Waals surface area contributed by atoms with Crippen molar-refractivity contribution in [2.75, 3.05) is 6.73 Å². The molecule has 0 amide bonds. The van der Waals surface area contributed by atoms with Crippen molar-refractivity contribution < 1.29 is 9.77 Å². The lowest BCUT2D eigenvalue weighted by Crippen LogP contribution is -2.53. The summed E-state index contributed by atoms with van der Waals surface area (Å²) in [4.78, 5) is 14.2. The molecular formula is C9H10ClN5O3. The van der Waals surface area contributed by atoms with Crippen molar-refractivity contribution in [1.29, 1.82) is 0 Å². The third-order valence-electron chi connectivity index (χ3n) is 2.21. The molecule has 0 radical (unpaired) electrons. The lowest BCUT2D eigenvalue weighted by molar-refractivity contribution is -0.485. The Morgan fingerprint density at radius 3 is 3.17 bits per heavy atom. The summed E-state index contributed by atoms with van der Waals surface area (Å²) in [5.41, 5.74) is 0.902. The molecule has 1 unspecified atom stereocenters. The van der Waals surface area contributed by atoms with E-state index in [0.717, 1.165) is 5.56 Å². The lowest BCUT2D eigenvalue weighted by atomic mass is 10.2. The predicted octanol–water partition coefficient (Wildman–Crippen LogP) is 0.318. The molecule has 1 aromatic rings. The SMILES string of the molecule is O=[N+]([O-])N=C1NCOC(Cc2ccc(Cl)nc2)N1. The molecule has 8 nitrogen and oxygen atoms in total. The summed E-state index contributed by atoms with van der Waals surface area (Å²) in [5.74, 6) is 0.0816. The molecule has 0 spiro atoms. The first-order chi connectivity index (χ1) is 8.63. The van der Waals surface area contributed by atoms with E-state index in [1.54, 1.807) is 12.3 Å². The number of aromatic nitrogens is 1. The average molecular weight is 272 g/mol. The lowest BCUT2D eigenvalue weighted by Gasteiger charge is -2.25. The highest BCUT2D eigenvalue weighted by Gasteiger charge is 2.19. The highest BCUT2D eigenvalue weighted by atomic mass is 35.5. The summed E-state index contributed by atoms with van der Waals surface area (Å²) in [6.07, 6.45) is 1.73. The standard InChI is InChI=1S/C9H10ClN5O3/c10-7-2-1-6(4-11-7)3-8-13-9(12-5-18-8)14-15(16)17/h1-2,4,8H,3,5H2,(H2,12,13,14). The molecule has 1 aromatic heterocycles. The van der Waals surface area contributed by atoms with Gasteiger partial charge in [-0.2, -0.15) is 0 Å². The second-order valence-corrected chi connectivity index (χ2v) is 3.89. The van der Waals surface area contributed by atoms with Crippen molar-refractivity contribution in [3.63, 3.8) is 0 Å². The van der Waals surface area contributed by atoms with Gasteiger partial charge in [0.05, 0.1) is 0 Å². The fourth-order valence-electron chi connectivity index (χ4n) is 1.45. The highest BCUT2D eigenvalue weighted by molar-refractivity contribution is 6.29. The van der Waals surface area contributed by atoms with E-state index in [1.807, 2.05) is 6.07 Å². The van der Waals surface area contributed by atoms with Gasteiger partial charge in [-0.3, -0.25) is 0 Å². The molecule has 1 aliphatic rings. The van der Waals surface area contributed by atoms with Crippen LogP contribution in [-0.2, 0) is 11.2 Å². The molecule has 0 aromatic carbocycles. The molecule has 0 bridgehead atoms. The van der Waals surface area contributed by atoms with Gasteiger partial charge in [-0.1, -0.05) is 17.7 Å². The second kappa shape index (κ2) is 5.61. The zero-order chi connectivity index (χ0) is 13.0. The minimum absolute atomic E-state index is 0.0816. The normalized spacial score (nSPS) is 21.2. The van der Waals surface area contributed by atoms with Gasteiger partial charge >= 0.3 is 0 Å². The summed E-state index contributed by atoms with van der Waals surface area (Å²) < 4.78 is 5.34. The van der Waals surface area contributed by atoms with Crippen molar-refractivity contribution in [3.8, 4) is 0 Å². The van der Waals surface area contributed by atoms with Crippen LogP contribution in [0.15, 0.2) is 23.4 Å². The van der Waals surface area contributed by atoms with Crippen LogP contribution in [0.1, 0.15) is 5.56 Å². The number of hydrogen-bond acceptors (Lipinski definition) is 4. The van der Waals surface area contributed by atoms with E-state index >= 15 is 0 Å². The number of nitrogens with zero attached hydrogens (tertiary/aromatic N) is 3. The molecule has 0 aliphatic carbocycles. The summed E-state index contributed by atoms with van der Waals surface area (Å²) in [5, 5.41) is 18.4. The van der Waals surface area contributed by atoms with E-state index in [9.17, 15) is 10.1 Å². The molecular weight excluding hydrogens is 262 g/mol. The number of rotatable bonds is 3. The minimum atomic E-state index is -0.776. The number of hydrazone groups is 1. The van der Waals surface area contributed by atoms with E-state index in [0.29, 0.717) is 11.6 Å². The van der Waals surface area contributed by atoms with Crippen molar-refractivity contribution in [3.05, 3.63) is 39.2 Å². The minimum Gasteiger partial charge on any atom is -0.338 e. The van der Waals surface area contributed by atoms with Crippen LogP contribution in [0.25, 0.3) is 0 Å². The van der Waals surface area contributed by atoms with E-state index in [4.69, 9.17) is 16.3 Å². The molecule has 2 rings (SSSR count). The van der Waals surface area contributed by atoms with Crippen molar-refractivity contribution in [2.45, 2.75) is 12.6 Å². The number of halogens is 1. The topological polar surface area (TPSA) is 102 Å². The molecule has 9 heteroatoms. The van der Waals surface area contributed by atoms with Gasteiger partial charge in [-0.15, -0.1) is 0 Å². The fraction of sp³-hybridized carbons (Fsp3) is 0.333. The molecule has 2 heterocycles. The third-order valence-corrected chi connectivity index (χ3v) is 2.44. The molecule has 0 saturated carbocycles. The number of pyridine rings is 1.